The SMILES string of the molecule is CON=C1CCOc2ncc(-c3sc(-c4cccnc4)nc3C)nc21. The highest BCUT2D eigenvalue weighted by atomic mass is 32.1. The predicted molar refractivity (Wildman–Crippen MR) is 94.8 cm³/mol. The van der Waals surface area contributed by atoms with Gasteiger partial charge >= 0.3 is 0 Å². The van der Waals surface area contributed by atoms with Crippen LogP contribution in [0.4, 0.5) is 0 Å². The summed E-state index contributed by atoms with van der Waals surface area (Å²) in [6.45, 7) is 2.49. The van der Waals surface area contributed by atoms with Crippen molar-refractivity contribution in [1.82, 2.24) is 19.9 Å². The Morgan fingerprint density at radius 2 is 2.20 bits per heavy atom. The Balaban J connectivity index is 1.77. The largest absolute Gasteiger partial charge is 0.476 e. The molecular weight excluding hydrogens is 338 g/mol. The van der Waals surface area contributed by atoms with Crippen molar-refractivity contribution in [3.8, 4) is 27.0 Å². The molecule has 0 saturated carbocycles. The van der Waals surface area contributed by atoms with Gasteiger partial charge in [-0.1, -0.05) is 5.16 Å². The van der Waals surface area contributed by atoms with Crippen molar-refractivity contribution in [2.75, 3.05) is 13.7 Å². The van der Waals surface area contributed by atoms with Crippen molar-refractivity contribution in [1.29, 1.82) is 0 Å². The fourth-order valence-corrected chi connectivity index (χ4v) is 3.60. The van der Waals surface area contributed by atoms with Crippen molar-refractivity contribution >= 4 is 17.0 Å². The third-order valence-electron chi connectivity index (χ3n) is 3.73. The molecule has 7 nitrogen and oxygen atoms in total. The van der Waals surface area contributed by atoms with Crippen LogP contribution in [0.1, 0.15) is 17.8 Å². The second kappa shape index (κ2) is 6.56. The van der Waals surface area contributed by atoms with Crippen LogP contribution in [0.3, 0.4) is 0 Å². The predicted octanol–water partition coefficient (Wildman–Crippen LogP) is 3.10. The Bertz CT molecular complexity index is 939. The molecule has 0 spiro atoms. The molecule has 0 amide bonds. The van der Waals surface area contributed by atoms with Gasteiger partial charge in [0.2, 0.25) is 5.88 Å². The quantitative estimate of drug-likeness (QED) is 0.673. The van der Waals surface area contributed by atoms with E-state index in [-0.39, 0.29) is 0 Å². The molecule has 3 aromatic heterocycles. The Labute approximate surface area is 148 Å². The van der Waals surface area contributed by atoms with Crippen LogP contribution in [0.2, 0.25) is 0 Å². The first-order valence-corrected chi connectivity index (χ1v) is 8.56. The molecule has 0 aromatic carbocycles. The number of aryl methyl sites for hydroxylation is 1. The van der Waals surface area contributed by atoms with Gasteiger partial charge in [0.25, 0.3) is 0 Å². The summed E-state index contributed by atoms with van der Waals surface area (Å²) in [5.74, 6) is 0.487. The Hall–Kier alpha value is -2.87. The van der Waals surface area contributed by atoms with Gasteiger partial charge < -0.3 is 9.57 Å². The fraction of sp³-hybridized carbons (Fsp3) is 0.235. The van der Waals surface area contributed by atoms with Gasteiger partial charge in [0.15, 0.2) is 5.69 Å². The van der Waals surface area contributed by atoms with Crippen LogP contribution in [0.25, 0.3) is 21.1 Å². The molecule has 126 valence electrons. The maximum atomic E-state index is 5.57. The summed E-state index contributed by atoms with van der Waals surface area (Å²) in [6.07, 6.45) is 5.90. The first kappa shape index (κ1) is 15.6. The number of aromatic nitrogens is 4. The Kier molecular flexibility index (Phi) is 4.10. The molecule has 0 N–H and O–H groups in total. The number of pyridine rings is 1. The zero-order valence-electron chi connectivity index (χ0n) is 13.8. The van der Waals surface area contributed by atoms with Gasteiger partial charge in [0, 0.05) is 24.4 Å². The second-order valence-corrected chi connectivity index (χ2v) is 6.40. The van der Waals surface area contributed by atoms with E-state index in [9.17, 15) is 0 Å². The third-order valence-corrected chi connectivity index (χ3v) is 4.96. The lowest BCUT2D eigenvalue weighted by Gasteiger charge is -2.16. The van der Waals surface area contributed by atoms with Crippen LogP contribution >= 0.6 is 11.3 Å². The monoisotopic (exact) mass is 353 g/mol. The molecule has 0 unspecified atom stereocenters. The number of thiazole rings is 1. The molecule has 0 bridgehead atoms. The minimum absolute atomic E-state index is 0.487. The van der Waals surface area contributed by atoms with Crippen molar-refractivity contribution in [2.24, 2.45) is 5.16 Å². The average molecular weight is 353 g/mol. The van der Waals surface area contributed by atoms with Crippen LogP contribution in [0.5, 0.6) is 5.88 Å². The topological polar surface area (TPSA) is 82.4 Å². The Morgan fingerprint density at radius 1 is 1.28 bits per heavy atom. The number of hydrogen-bond donors (Lipinski definition) is 0. The Morgan fingerprint density at radius 3 is 3.00 bits per heavy atom. The lowest BCUT2D eigenvalue weighted by atomic mass is 10.1. The number of fused-ring (bicyclic) bond motifs is 1. The standard InChI is InChI=1S/C17H15N5O2S/c1-10-15(25-17(20-10)11-4-3-6-18-8-11)13-9-19-16-14(21-13)12(22-23-2)5-7-24-16/h3-4,6,8-9H,5,7H2,1-2H3. The highest BCUT2D eigenvalue weighted by Crippen LogP contribution is 2.35. The average Bonchev–Trinajstić information content (AvgIpc) is 3.04. The van der Waals surface area contributed by atoms with Gasteiger partial charge in [-0.3, -0.25) is 4.98 Å². The molecule has 0 atom stereocenters. The summed E-state index contributed by atoms with van der Waals surface area (Å²) in [5.41, 5.74) is 4.00. The zero-order chi connectivity index (χ0) is 17.2. The molecule has 3 aromatic rings. The third kappa shape index (κ3) is 2.96. The number of nitrogens with zero attached hydrogens (tertiary/aromatic N) is 5. The molecule has 4 rings (SSSR count). The molecular formula is C17H15N5O2S. The summed E-state index contributed by atoms with van der Waals surface area (Å²) < 4.78 is 5.57. The molecule has 0 fully saturated rings. The lowest BCUT2D eigenvalue weighted by Crippen LogP contribution is -2.19. The van der Waals surface area contributed by atoms with Crippen LogP contribution in [-0.4, -0.2) is 39.4 Å². The minimum atomic E-state index is 0.487. The van der Waals surface area contributed by atoms with E-state index in [1.165, 1.54) is 7.11 Å². The maximum absolute atomic E-state index is 5.57. The van der Waals surface area contributed by atoms with E-state index in [0.717, 1.165) is 32.5 Å². The smallest absolute Gasteiger partial charge is 0.242 e. The van der Waals surface area contributed by atoms with E-state index in [1.807, 2.05) is 19.1 Å². The molecule has 0 saturated heterocycles. The first-order valence-electron chi connectivity index (χ1n) is 7.74. The van der Waals surface area contributed by atoms with Crippen LogP contribution in [0.15, 0.2) is 35.9 Å². The fourth-order valence-electron chi connectivity index (χ4n) is 2.59. The summed E-state index contributed by atoms with van der Waals surface area (Å²) >= 11 is 1.57. The van der Waals surface area contributed by atoms with E-state index in [0.29, 0.717) is 24.6 Å². The van der Waals surface area contributed by atoms with Crippen LogP contribution in [0, 0.1) is 6.92 Å². The van der Waals surface area contributed by atoms with E-state index in [2.05, 4.69) is 20.1 Å². The highest BCUT2D eigenvalue weighted by Gasteiger charge is 2.23. The highest BCUT2D eigenvalue weighted by molar-refractivity contribution is 7.18. The van der Waals surface area contributed by atoms with Crippen LogP contribution in [-0.2, 0) is 4.84 Å². The molecule has 4 heterocycles. The van der Waals surface area contributed by atoms with E-state index < -0.39 is 0 Å². The molecule has 25 heavy (non-hydrogen) atoms. The van der Waals surface area contributed by atoms with E-state index in [1.54, 1.807) is 29.9 Å². The summed E-state index contributed by atoms with van der Waals surface area (Å²) in [7, 11) is 1.52. The maximum Gasteiger partial charge on any atom is 0.242 e. The normalized spacial score (nSPS) is 14.9. The number of ether oxygens (including phenoxy) is 1. The summed E-state index contributed by atoms with van der Waals surface area (Å²) in [5, 5.41) is 4.95. The van der Waals surface area contributed by atoms with Crippen molar-refractivity contribution < 1.29 is 9.57 Å². The van der Waals surface area contributed by atoms with Crippen molar-refractivity contribution in [2.45, 2.75) is 13.3 Å². The van der Waals surface area contributed by atoms with Crippen molar-refractivity contribution in [3.63, 3.8) is 0 Å². The van der Waals surface area contributed by atoms with Crippen LogP contribution < -0.4 is 4.74 Å². The van der Waals surface area contributed by atoms with Gasteiger partial charge in [0.1, 0.15) is 23.5 Å². The molecule has 8 heteroatoms. The van der Waals surface area contributed by atoms with Gasteiger partial charge in [-0.05, 0) is 19.1 Å². The summed E-state index contributed by atoms with van der Waals surface area (Å²) in [4.78, 5) is 23.8. The van der Waals surface area contributed by atoms with E-state index in [4.69, 9.17) is 14.6 Å². The molecule has 1 aliphatic heterocycles. The number of rotatable bonds is 3. The summed E-state index contributed by atoms with van der Waals surface area (Å²) in [6, 6.07) is 3.89. The van der Waals surface area contributed by atoms with Gasteiger partial charge in [-0.15, -0.1) is 11.3 Å². The van der Waals surface area contributed by atoms with Gasteiger partial charge in [-0.25, -0.2) is 15.0 Å². The van der Waals surface area contributed by atoms with E-state index >= 15 is 0 Å². The van der Waals surface area contributed by atoms with Gasteiger partial charge in [-0.2, -0.15) is 0 Å². The van der Waals surface area contributed by atoms with Crippen molar-refractivity contribution in [3.05, 3.63) is 42.1 Å². The second-order valence-electron chi connectivity index (χ2n) is 5.40. The number of hydrogen-bond acceptors (Lipinski definition) is 8. The first-order chi connectivity index (χ1) is 12.3. The minimum Gasteiger partial charge on any atom is -0.476 e. The molecule has 0 aliphatic carbocycles. The lowest BCUT2D eigenvalue weighted by molar-refractivity contribution is 0.209. The van der Waals surface area contributed by atoms with Gasteiger partial charge in [0.05, 0.1) is 23.4 Å². The molecule has 0 radical (unpaired) electrons. The molecule has 1 aliphatic rings. The number of oxime groups is 1. The zero-order valence-corrected chi connectivity index (χ0v) is 14.6.